The fourth-order valence-electron chi connectivity index (χ4n) is 2.69. The number of aliphatic hydroxyl groups is 3. The van der Waals surface area contributed by atoms with Crippen LogP contribution in [0.3, 0.4) is 0 Å². The van der Waals surface area contributed by atoms with Gasteiger partial charge in [0.2, 0.25) is 0 Å². The summed E-state index contributed by atoms with van der Waals surface area (Å²) in [5.41, 5.74) is -0.266. The first-order valence-electron chi connectivity index (χ1n) is 8.75. The molecule has 156 valence electrons. The summed E-state index contributed by atoms with van der Waals surface area (Å²) in [5.74, 6) is -0.981. The molecular formula is C16H38O7Si3. The topological polar surface area (TPSA) is 116 Å². The minimum Gasteiger partial charge on any atom is -0.478 e. The highest BCUT2D eigenvalue weighted by atomic mass is 28.5. The quantitative estimate of drug-likeness (QED) is 0.313. The van der Waals surface area contributed by atoms with Crippen molar-refractivity contribution in [2.24, 2.45) is 0 Å². The Hall–Kier alpha value is -0.339. The van der Waals surface area contributed by atoms with E-state index in [1.807, 2.05) is 13.5 Å². The zero-order valence-corrected chi connectivity index (χ0v) is 20.4. The third-order valence-corrected chi connectivity index (χ3v) is 13.5. The van der Waals surface area contributed by atoms with E-state index in [1.165, 1.54) is 0 Å². The van der Waals surface area contributed by atoms with E-state index in [1.54, 1.807) is 0 Å². The summed E-state index contributed by atoms with van der Waals surface area (Å²) in [5, 5.41) is 36.9. The Kier molecular flexibility index (Phi) is 12.3. The molecule has 0 rings (SSSR count). The van der Waals surface area contributed by atoms with Gasteiger partial charge in [0.1, 0.15) is 6.10 Å². The first-order valence-corrected chi connectivity index (χ1v) is 18.0. The van der Waals surface area contributed by atoms with E-state index in [0.29, 0.717) is 6.42 Å². The Morgan fingerprint density at radius 3 is 1.58 bits per heavy atom. The van der Waals surface area contributed by atoms with Gasteiger partial charge in [-0.05, 0) is 52.2 Å². The molecule has 3 atom stereocenters. The largest absolute Gasteiger partial charge is 0.478 e. The smallest absolute Gasteiger partial charge is 0.327 e. The maximum absolute atomic E-state index is 10.4. The van der Waals surface area contributed by atoms with Gasteiger partial charge in [0, 0.05) is 11.6 Å². The number of hydrogen-bond donors (Lipinski definition) is 4. The van der Waals surface area contributed by atoms with E-state index < -0.39 is 50.0 Å². The molecule has 0 fully saturated rings. The van der Waals surface area contributed by atoms with Crippen LogP contribution < -0.4 is 0 Å². The summed E-state index contributed by atoms with van der Waals surface area (Å²) >= 11 is 0. The molecule has 0 radical (unpaired) electrons. The molecule has 0 heterocycles. The third-order valence-electron chi connectivity index (χ3n) is 3.30. The number of aliphatic hydroxyl groups excluding tert-OH is 3. The van der Waals surface area contributed by atoms with Crippen LogP contribution in [0.4, 0.5) is 0 Å². The lowest BCUT2D eigenvalue weighted by Crippen LogP contribution is -2.59. The van der Waals surface area contributed by atoms with Crippen LogP contribution in [-0.2, 0) is 13.0 Å². The molecule has 7 nitrogen and oxygen atoms in total. The Labute approximate surface area is 161 Å². The Balaban J connectivity index is 0. The van der Waals surface area contributed by atoms with Gasteiger partial charge in [0.25, 0.3) is 0 Å². The van der Waals surface area contributed by atoms with Crippen molar-refractivity contribution < 1.29 is 33.5 Å². The second-order valence-electron chi connectivity index (χ2n) is 8.24. The van der Waals surface area contributed by atoms with Crippen molar-refractivity contribution in [1.82, 2.24) is 0 Å². The average molecular weight is 427 g/mol. The maximum Gasteiger partial charge on any atom is 0.327 e. The van der Waals surface area contributed by atoms with Gasteiger partial charge in [-0.15, -0.1) is 0 Å². The van der Waals surface area contributed by atoms with Gasteiger partial charge in [-0.3, -0.25) is 0 Å². The Morgan fingerprint density at radius 1 is 1.04 bits per heavy atom. The molecule has 10 heteroatoms. The lowest BCUT2D eigenvalue weighted by molar-refractivity contribution is -0.131. The van der Waals surface area contributed by atoms with Crippen LogP contribution in [-0.4, -0.2) is 70.4 Å². The maximum atomic E-state index is 10.4. The van der Waals surface area contributed by atoms with Crippen molar-refractivity contribution in [3.05, 3.63) is 12.7 Å². The number of hydrogen-bond acceptors (Lipinski definition) is 6. The molecule has 0 aliphatic rings. The second-order valence-corrected chi connectivity index (χ2v) is 21.1. The molecule has 0 saturated heterocycles. The summed E-state index contributed by atoms with van der Waals surface area (Å²) in [7, 11) is -6.41. The highest BCUT2D eigenvalue weighted by Crippen LogP contribution is 2.36. The van der Waals surface area contributed by atoms with Crippen molar-refractivity contribution in [3.63, 3.8) is 0 Å². The summed E-state index contributed by atoms with van der Waals surface area (Å²) < 4.78 is 12.8. The SMILES string of the molecule is C=CC(=O)O.CCC(C(O)C(O)CO)[Si](C)(O[Si](C)(C)C)O[Si](C)(C)C. The zero-order valence-electron chi connectivity index (χ0n) is 17.4. The molecule has 3 unspecified atom stereocenters. The number of rotatable bonds is 10. The minimum absolute atomic E-state index is 0.266. The Bertz CT molecular complexity index is 417. The van der Waals surface area contributed by atoms with E-state index in [-0.39, 0.29) is 5.54 Å². The van der Waals surface area contributed by atoms with Gasteiger partial charge in [-0.1, -0.05) is 13.5 Å². The summed E-state index contributed by atoms with van der Waals surface area (Å²) in [6.45, 7) is 19.1. The molecule has 0 aromatic carbocycles. The average Bonchev–Trinajstić information content (AvgIpc) is 2.43. The van der Waals surface area contributed by atoms with E-state index in [0.717, 1.165) is 6.08 Å². The molecule has 4 N–H and O–H groups in total. The van der Waals surface area contributed by atoms with Crippen molar-refractivity contribution in [2.45, 2.75) is 76.9 Å². The first-order chi connectivity index (χ1) is 11.5. The van der Waals surface area contributed by atoms with Crippen LogP contribution in [0.2, 0.25) is 51.4 Å². The molecule has 26 heavy (non-hydrogen) atoms. The lowest BCUT2D eigenvalue weighted by Gasteiger charge is -2.44. The van der Waals surface area contributed by atoms with Crippen LogP contribution in [0, 0.1) is 0 Å². The van der Waals surface area contributed by atoms with Gasteiger partial charge < -0.3 is 28.7 Å². The van der Waals surface area contributed by atoms with Crippen LogP contribution in [0.15, 0.2) is 12.7 Å². The van der Waals surface area contributed by atoms with E-state index in [9.17, 15) is 15.0 Å². The predicted molar refractivity (Wildman–Crippen MR) is 111 cm³/mol. The fraction of sp³-hybridized carbons (Fsp3) is 0.812. The zero-order chi connectivity index (χ0) is 21.3. The van der Waals surface area contributed by atoms with E-state index >= 15 is 0 Å². The fourth-order valence-corrected chi connectivity index (χ4v) is 15.8. The molecule has 0 aliphatic heterocycles. The third kappa shape index (κ3) is 12.1. The number of aliphatic carboxylic acids is 1. The minimum atomic E-state index is -2.69. The van der Waals surface area contributed by atoms with Crippen molar-refractivity contribution in [1.29, 1.82) is 0 Å². The number of carboxylic acid groups (broad SMARTS) is 1. The molecular weight excluding hydrogens is 388 g/mol. The van der Waals surface area contributed by atoms with Crippen molar-refractivity contribution in [2.75, 3.05) is 6.61 Å². The van der Waals surface area contributed by atoms with Gasteiger partial charge in [0.05, 0.1) is 12.7 Å². The molecule has 0 aliphatic carbocycles. The standard InChI is InChI=1S/C13H34O5Si3.C3H4O2/c1-9-12(13(16)11(15)10-14)21(8,17-19(2,3)4)18-20(5,6)7;1-2-3(4)5/h11-16H,9-10H2,1-8H3;2H,1H2,(H,4,5). The number of carbonyl (C=O) groups is 1. The lowest BCUT2D eigenvalue weighted by atomic mass is 10.1. The van der Waals surface area contributed by atoms with Crippen LogP contribution >= 0.6 is 0 Å². The van der Waals surface area contributed by atoms with Crippen LogP contribution in [0.25, 0.3) is 0 Å². The van der Waals surface area contributed by atoms with Crippen molar-refractivity contribution >= 4 is 31.2 Å². The highest BCUT2D eigenvalue weighted by molar-refractivity contribution is 6.88. The van der Waals surface area contributed by atoms with E-state index in [2.05, 4.69) is 45.9 Å². The predicted octanol–water partition coefficient (Wildman–Crippen LogP) is 2.51. The van der Waals surface area contributed by atoms with Gasteiger partial charge >= 0.3 is 14.5 Å². The summed E-state index contributed by atoms with van der Waals surface area (Å²) in [4.78, 5) is 9.25. The Morgan fingerprint density at radius 2 is 1.38 bits per heavy atom. The number of carboxylic acids is 1. The first kappa shape index (κ1) is 27.9. The van der Waals surface area contributed by atoms with E-state index in [4.69, 9.17) is 18.4 Å². The van der Waals surface area contributed by atoms with Crippen LogP contribution in [0.5, 0.6) is 0 Å². The van der Waals surface area contributed by atoms with Crippen LogP contribution in [0.1, 0.15) is 13.3 Å². The molecule has 0 bridgehead atoms. The monoisotopic (exact) mass is 426 g/mol. The summed E-state index contributed by atoms with van der Waals surface area (Å²) in [6.07, 6.45) is -0.697. The molecule has 0 amide bonds. The molecule has 0 spiro atoms. The van der Waals surface area contributed by atoms with Gasteiger partial charge in [0.15, 0.2) is 16.6 Å². The molecule has 0 aromatic heterocycles. The second kappa shape index (κ2) is 11.5. The molecule has 0 aromatic rings. The normalized spacial score (nSPS) is 16.1. The highest BCUT2D eigenvalue weighted by Gasteiger charge is 2.50. The van der Waals surface area contributed by atoms with Gasteiger partial charge in [-0.2, -0.15) is 0 Å². The van der Waals surface area contributed by atoms with Crippen molar-refractivity contribution in [3.8, 4) is 0 Å². The summed E-state index contributed by atoms with van der Waals surface area (Å²) in [6, 6.07) is 0. The van der Waals surface area contributed by atoms with Gasteiger partial charge in [-0.25, -0.2) is 4.79 Å². The molecule has 0 saturated carbocycles.